The summed E-state index contributed by atoms with van der Waals surface area (Å²) in [5, 5.41) is 3.74. The lowest BCUT2D eigenvalue weighted by atomic mass is 9.98. The summed E-state index contributed by atoms with van der Waals surface area (Å²) >= 11 is 1.29. The molecule has 2 aromatic carbocycles. The molecule has 1 amide bonds. The maximum atomic E-state index is 13.1. The van der Waals surface area contributed by atoms with Gasteiger partial charge in [0.2, 0.25) is 0 Å². The van der Waals surface area contributed by atoms with Crippen LogP contribution in [0, 0.1) is 12.8 Å². The van der Waals surface area contributed by atoms with Crippen molar-refractivity contribution in [1.29, 1.82) is 0 Å². The Balaban J connectivity index is 1.12. The van der Waals surface area contributed by atoms with Crippen molar-refractivity contribution >= 4 is 23.0 Å². The summed E-state index contributed by atoms with van der Waals surface area (Å²) in [6.07, 6.45) is 1.55. The first-order valence-corrected chi connectivity index (χ1v) is 14.7. The number of ketones is 1. The van der Waals surface area contributed by atoms with Crippen molar-refractivity contribution in [3.8, 4) is 5.75 Å². The van der Waals surface area contributed by atoms with Crippen LogP contribution in [0.1, 0.15) is 75.4 Å². The third-order valence-corrected chi connectivity index (χ3v) is 8.86. The first-order chi connectivity index (χ1) is 19.1. The van der Waals surface area contributed by atoms with Crippen LogP contribution in [0.25, 0.3) is 0 Å². The van der Waals surface area contributed by atoms with Crippen molar-refractivity contribution in [3.05, 3.63) is 80.3 Å². The summed E-state index contributed by atoms with van der Waals surface area (Å²) in [6, 6.07) is 14.1. The minimum atomic E-state index is -2.55. The number of alkyl halides is 2. The SMILES string of the molecule is CCC(=O)Cc1nc(C)c(C(=O)N[C@@H](C)c2ccc(CN3CCc4cc(OCC5CC5(F)F)ccc4C3)cc2)s1. The number of aryl methyl sites for hydroxylation is 1. The second kappa shape index (κ2) is 11.7. The molecule has 9 heteroatoms. The zero-order valence-electron chi connectivity index (χ0n) is 23.1. The highest BCUT2D eigenvalue weighted by atomic mass is 32.1. The van der Waals surface area contributed by atoms with E-state index in [1.165, 1.54) is 28.0 Å². The molecule has 40 heavy (non-hydrogen) atoms. The lowest BCUT2D eigenvalue weighted by Crippen LogP contribution is -2.30. The number of amides is 1. The van der Waals surface area contributed by atoms with E-state index in [2.05, 4.69) is 39.5 Å². The minimum Gasteiger partial charge on any atom is -0.493 e. The molecular formula is C31H35F2N3O3S. The predicted molar refractivity (Wildman–Crippen MR) is 151 cm³/mol. The van der Waals surface area contributed by atoms with Crippen LogP contribution in [0.5, 0.6) is 5.75 Å². The van der Waals surface area contributed by atoms with E-state index in [-0.39, 0.29) is 37.2 Å². The van der Waals surface area contributed by atoms with Crippen LogP contribution in [0.4, 0.5) is 8.78 Å². The van der Waals surface area contributed by atoms with Crippen molar-refractivity contribution in [3.63, 3.8) is 0 Å². The smallest absolute Gasteiger partial charge is 0.263 e. The van der Waals surface area contributed by atoms with Gasteiger partial charge in [0.05, 0.1) is 30.7 Å². The van der Waals surface area contributed by atoms with Crippen molar-refractivity contribution in [1.82, 2.24) is 15.2 Å². The first-order valence-electron chi connectivity index (χ1n) is 13.8. The number of carbonyl (C=O) groups excluding carboxylic acids is 2. The van der Waals surface area contributed by atoms with Gasteiger partial charge in [-0.15, -0.1) is 11.3 Å². The van der Waals surface area contributed by atoms with Gasteiger partial charge >= 0.3 is 0 Å². The largest absolute Gasteiger partial charge is 0.493 e. The predicted octanol–water partition coefficient (Wildman–Crippen LogP) is 6.06. The second-order valence-corrected chi connectivity index (χ2v) is 12.0. The topological polar surface area (TPSA) is 71.5 Å². The molecule has 1 aliphatic carbocycles. The molecule has 0 radical (unpaired) electrons. The Labute approximate surface area is 237 Å². The van der Waals surface area contributed by atoms with E-state index in [4.69, 9.17) is 4.74 Å². The fraction of sp³-hybridized carbons (Fsp3) is 0.452. The van der Waals surface area contributed by atoms with Gasteiger partial charge in [0.1, 0.15) is 21.4 Å². The molecule has 1 aliphatic heterocycles. The average Bonchev–Trinajstić information content (AvgIpc) is 3.38. The molecule has 1 aromatic heterocycles. The van der Waals surface area contributed by atoms with Gasteiger partial charge in [-0.25, -0.2) is 13.8 Å². The summed E-state index contributed by atoms with van der Waals surface area (Å²) in [5.41, 5.74) is 5.32. The van der Waals surface area contributed by atoms with Crippen LogP contribution in [0.2, 0.25) is 0 Å². The zero-order chi connectivity index (χ0) is 28.4. The molecule has 6 nitrogen and oxygen atoms in total. The van der Waals surface area contributed by atoms with Crippen LogP contribution in [0.15, 0.2) is 42.5 Å². The van der Waals surface area contributed by atoms with Crippen molar-refractivity contribution in [2.24, 2.45) is 5.92 Å². The second-order valence-electron chi connectivity index (χ2n) is 10.9. The van der Waals surface area contributed by atoms with Gasteiger partial charge in [0, 0.05) is 32.5 Å². The molecule has 1 unspecified atom stereocenters. The molecule has 1 saturated carbocycles. The van der Waals surface area contributed by atoms with E-state index >= 15 is 0 Å². The van der Waals surface area contributed by atoms with Gasteiger partial charge in [-0.1, -0.05) is 37.3 Å². The number of rotatable bonds is 11. The maximum absolute atomic E-state index is 13.1. The van der Waals surface area contributed by atoms with Gasteiger partial charge < -0.3 is 10.1 Å². The molecule has 2 heterocycles. The van der Waals surface area contributed by atoms with E-state index in [9.17, 15) is 18.4 Å². The molecule has 5 rings (SSSR count). The van der Waals surface area contributed by atoms with E-state index in [0.29, 0.717) is 27.7 Å². The fourth-order valence-electron chi connectivity index (χ4n) is 5.01. The Morgan fingerprint density at radius 3 is 2.65 bits per heavy atom. The monoisotopic (exact) mass is 567 g/mol. The Morgan fingerprint density at radius 2 is 1.95 bits per heavy atom. The third kappa shape index (κ3) is 6.75. The Kier molecular flexibility index (Phi) is 8.33. The number of nitrogens with one attached hydrogen (secondary N) is 1. The van der Waals surface area contributed by atoms with Gasteiger partial charge in [-0.2, -0.15) is 0 Å². The van der Waals surface area contributed by atoms with Crippen LogP contribution in [0.3, 0.4) is 0 Å². The molecule has 0 spiro atoms. The summed E-state index contributed by atoms with van der Waals surface area (Å²) in [4.78, 5) is 32.0. The maximum Gasteiger partial charge on any atom is 0.263 e. The average molecular weight is 568 g/mol. The summed E-state index contributed by atoms with van der Waals surface area (Å²) in [5.74, 6) is -2.59. The molecule has 1 N–H and O–H groups in total. The number of halogens is 2. The number of ether oxygens (including phenoxy) is 1. The van der Waals surface area contributed by atoms with Crippen molar-refractivity contribution in [2.45, 2.75) is 71.5 Å². The number of fused-ring (bicyclic) bond motifs is 1. The fourth-order valence-corrected chi connectivity index (χ4v) is 6.00. The lowest BCUT2D eigenvalue weighted by Gasteiger charge is -2.29. The normalized spacial score (nSPS) is 18.6. The Hall–Kier alpha value is -3.17. The third-order valence-electron chi connectivity index (χ3n) is 7.70. The molecule has 212 valence electrons. The standard InChI is InChI=1S/C31H35F2N3O3S/c1-4-26(37)14-28-34-20(3)29(40-28)30(38)35-19(2)22-7-5-21(6-8-22)16-36-12-11-23-13-27(10-9-24(23)17-36)39-18-25-15-31(25,32)33/h5-10,13,19,25H,4,11-12,14-18H2,1-3H3,(H,35,38)/t19-,25?/m0/s1. The number of aromatic nitrogens is 1. The summed E-state index contributed by atoms with van der Waals surface area (Å²) < 4.78 is 31.8. The molecule has 1 fully saturated rings. The molecule has 2 atom stereocenters. The number of nitrogens with zero attached hydrogens (tertiary/aromatic N) is 2. The van der Waals surface area contributed by atoms with E-state index in [1.54, 1.807) is 6.92 Å². The number of hydrogen-bond acceptors (Lipinski definition) is 6. The summed E-state index contributed by atoms with van der Waals surface area (Å²) in [6.45, 7) is 8.20. The number of hydrogen-bond donors (Lipinski definition) is 1. The molecular weight excluding hydrogens is 532 g/mol. The van der Waals surface area contributed by atoms with Gasteiger partial charge in [-0.05, 0) is 54.7 Å². The Morgan fingerprint density at radius 1 is 1.20 bits per heavy atom. The molecule has 0 bridgehead atoms. The van der Waals surface area contributed by atoms with E-state index in [1.807, 2.05) is 32.0 Å². The quantitative estimate of drug-likeness (QED) is 0.305. The number of thiazole rings is 1. The lowest BCUT2D eigenvalue weighted by molar-refractivity contribution is -0.118. The highest BCUT2D eigenvalue weighted by molar-refractivity contribution is 7.13. The molecule has 0 saturated heterocycles. The van der Waals surface area contributed by atoms with E-state index in [0.717, 1.165) is 31.6 Å². The number of carbonyl (C=O) groups is 2. The summed E-state index contributed by atoms with van der Waals surface area (Å²) in [7, 11) is 0. The van der Waals surface area contributed by atoms with Crippen molar-refractivity contribution in [2.75, 3.05) is 13.2 Å². The van der Waals surface area contributed by atoms with Gasteiger partial charge in [0.25, 0.3) is 11.8 Å². The minimum absolute atomic E-state index is 0.0714. The molecule has 3 aromatic rings. The highest BCUT2D eigenvalue weighted by Gasteiger charge is 2.57. The van der Waals surface area contributed by atoms with E-state index < -0.39 is 11.8 Å². The van der Waals surface area contributed by atoms with Crippen LogP contribution in [-0.4, -0.2) is 40.6 Å². The first kappa shape index (κ1) is 28.4. The van der Waals surface area contributed by atoms with Gasteiger partial charge in [-0.3, -0.25) is 14.5 Å². The number of Topliss-reactive ketones (excluding diaryl/α,β-unsaturated/α-hetero) is 1. The Bertz CT molecular complexity index is 1390. The van der Waals surface area contributed by atoms with Crippen molar-refractivity contribution < 1.29 is 23.1 Å². The van der Waals surface area contributed by atoms with Crippen LogP contribution in [-0.2, 0) is 30.7 Å². The molecule has 2 aliphatic rings. The van der Waals surface area contributed by atoms with Crippen LogP contribution >= 0.6 is 11.3 Å². The zero-order valence-corrected chi connectivity index (χ0v) is 24.0. The van der Waals surface area contributed by atoms with Gasteiger partial charge in [0.15, 0.2) is 0 Å². The van der Waals surface area contributed by atoms with Crippen LogP contribution < -0.4 is 10.1 Å². The number of benzene rings is 2. The highest BCUT2D eigenvalue weighted by Crippen LogP contribution is 2.48.